The number of nitrogens with two attached hydrogens (primary N) is 1. The highest BCUT2D eigenvalue weighted by molar-refractivity contribution is 7.89. The Balaban J connectivity index is 1.54. The zero-order chi connectivity index (χ0) is 21.7. The number of piperidine rings is 1. The zero-order valence-corrected chi connectivity index (χ0v) is 18.6. The molecule has 2 aromatic rings. The van der Waals surface area contributed by atoms with Crippen molar-refractivity contribution in [2.75, 3.05) is 20.1 Å². The summed E-state index contributed by atoms with van der Waals surface area (Å²) in [6, 6.07) is 13.3. The Kier molecular flexibility index (Phi) is 5.43. The number of likely N-dealkylation sites (N-methyl/N-ethyl adjacent to an activating group) is 1. The SMILES string of the molecule is C[C@@H]1CN(C)[C@@H]2Cc3ccc(O)cc3[C@@]1(C)[C@@H]2NCCc1ccc(S(N)(=O)=O)cc1. The van der Waals surface area contributed by atoms with Gasteiger partial charge in [-0.25, -0.2) is 13.6 Å². The second kappa shape index (κ2) is 7.64. The number of hydrogen-bond donors (Lipinski definition) is 3. The van der Waals surface area contributed by atoms with E-state index in [0.29, 0.717) is 17.7 Å². The number of rotatable bonds is 5. The van der Waals surface area contributed by atoms with Gasteiger partial charge in [-0.05, 0) is 73.3 Å². The van der Waals surface area contributed by atoms with Gasteiger partial charge in [0.05, 0.1) is 4.90 Å². The molecule has 0 amide bonds. The number of aromatic hydroxyl groups is 1. The minimum absolute atomic E-state index is 0.0685. The summed E-state index contributed by atoms with van der Waals surface area (Å²) in [6.45, 7) is 6.45. The van der Waals surface area contributed by atoms with E-state index >= 15 is 0 Å². The fourth-order valence-electron chi connectivity index (χ4n) is 5.46. The van der Waals surface area contributed by atoms with Gasteiger partial charge in [0, 0.05) is 24.0 Å². The smallest absolute Gasteiger partial charge is 0.238 e. The molecule has 162 valence electrons. The summed E-state index contributed by atoms with van der Waals surface area (Å²) in [5.41, 5.74) is 3.59. The minimum atomic E-state index is -3.66. The van der Waals surface area contributed by atoms with E-state index in [0.717, 1.165) is 31.5 Å². The fourth-order valence-corrected chi connectivity index (χ4v) is 5.97. The lowest BCUT2D eigenvalue weighted by molar-refractivity contribution is 0.0235. The Morgan fingerprint density at radius 1 is 1.23 bits per heavy atom. The molecule has 2 aromatic carbocycles. The third-order valence-corrected chi connectivity index (χ3v) is 8.24. The highest BCUT2D eigenvalue weighted by atomic mass is 32.2. The van der Waals surface area contributed by atoms with E-state index in [9.17, 15) is 13.5 Å². The van der Waals surface area contributed by atoms with Crippen molar-refractivity contribution < 1.29 is 13.5 Å². The molecule has 4 atom stereocenters. The maximum absolute atomic E-state index is 11.4. The van der Waals surface area contributed by atoms with E-state index < -0.39 is 10.0 Å². The molecule has 0 unspecified atom stereocenters. The van der Waals surface area contributed by atoms with Crippen molar-refractivity contribution in [2.45, 2.75) is 49.1 Å². The molecule has 7 heteroatoms. The number of fused-ring (bicyclic) bond motifs is 4. The summed E-state index contributed by atoms with van der Waals surface area (Å²) in [7, 11) is -1.46. The molecule has 0 radical (unpaired) electrons. The summed E-state index contributed by atoms with van der Waals surface area (Å²) in [4.78, 5) is 2.60. The zero-order valence-electron chi connectivity index (χ0n) is 17.8. The van der Waals surface area contributed by atoms with Crippen LogP contribution >= 0.6 is 0 Å². The molecule has 4 rings (SSSR count). The number of hydrogen-bond acceptors (Lipinski definition) is 5. The average molecular weight is 430 g/mol. The molecule has 0 saturated carbocycles. The molecule has 0 spiro atoms. The van der Waals surface area contributed by atoms with Crippen molar-refractivity contribution in [1.82, 2.24) is 10.2 Å². The van der Waals surface area contributed by atoms with E-state index in [1.54, 1.807) is 18.2 Å². The molecule has 30 heavy (non-hydrogen) atoms. The summed E-state index contributed by atoms with van der Waals surface area (Å²) >= 11 is 0. The molecule has 4 N–H and O–H groups in total. The van der Waals surface area contributed by atoms with Gasteiger partial charge in [0.2, 0.25) is 10.0 Å². The Morgan fingerprint density at radius 2 is 1.93 bits per heavy atom. The van der Waals surface area contributed by atoms with Crippen molar-refractivity contribution >= 4 is 10.0 Å². The Labute approximate surface area is 179 Å². The molecule has 1 heterocycles. The predicted octanol–water partition coefficient (Wildman–Crippen LogP) is 2.00. The highest BCUT2D eigenvalue weighted by Gasteiger charge is 2.53. The maximum Gasteiger partial charge on any atom is 0.238 e. The number of phenolic OH excluding ortho intramolecular Hbond substituents is 1. The van der Waals surface area contributed by atoms with Crippen LogP contribution < -0.4 is 10.5 Å². The van der Waals surface area contributed by atoms with Gasteiger partial charge in [0.25, 0.3) is 0 Å². The number of likely N-dealkylation sites (tertiary alicyclic amines) is 1. The van der Waals surface area contributed by atoms with E-state index in [1.807, 2.05) is 18.2 Å². The predicted molar refractivity (Wildman–Crippen MR) is 118 cm³/mol. The first-order valence-corrected chi connectivity index (χ1v) is 12.0. The van der Waals surface area contributed by atoms with Gasteiger partial charge in [0.15, 0.2) is 0 Å². The fraction of sp³-hybridized carbons (Fsp3) is 0.478. The largest absolute Gasteiger partial charge is 0.508 e. The van der Waals surface area contributed by atoms with Crippen molar-refractivity contribution in [1.29, 1.82) is 0 Å². The van der Waals surface area contributed by atoms with Gasteiger partial charge in [-0.15, -0.1) is 0 Å². The first-order chi connectivity index (χ1) is 14.1. The van der Waals surface area contributed by atoms with Gasteiger partial charge >= 0.3 is 0 Å². The van der Waals surface area contributed by atoms with Crippen molar-refractivity contribution in [3.63, 3.8) is 0 Å². The van der Waals surface area contributed by atoms with Crippen LogP contribution in [-0.4, -0.2) is 50.6 Å². The number of nitrogens with zero attached hydrogens (tertiary/aromatic N) is 1. The molecule has 0 aromatic heterocycles. The monoisotopic (exact) mass is 429 g/mol. The van der Waals surface area contributed by atoms with Gasteiger partial charge in [0.1, 0.15) is 5.75 Å². The third kappa shape index (κ3) is 3.64. The number of sulfonamides is 1. The van der Waals surface area contributed by atoms with Crippen LogP contribution in [0.5, 0.6) is 5.75 Å². The van der Waals surface area contributed by atoms with Crippen LogP contribution in [0.2, 0.25) is 0 Å². The lowest BCUT2D eigenvalue weighted by atomic mass is 9.57. The van der Waals surface area contributed by atoms with Gasteiger partial charge in [-0.3, -0.25) is 0 Å². The lowest BCUT2D eigenvalue weighted by Crippen LogP contribution is -2.69. The molecule has 2 aliphatic rings. The molecule has 1 aliphatic heterocycles. The Hall–Kier alpha value is -1.93. The number of nitrogens with one attached hydrogen (secondary N) is 1. The molecule has 1 fully saturated rings. The number of phenols is 1. The highest BCUT2D eigenvalue weighted by Crippen LogP contribution is 2.48. The molecular weight excluding hydrogens is 398 g/mol. The quantitative estimate of drug-likeness (QED) is 0.676. The number of primary sulfonamides is 1. The second-order valence-corrected chi connectivity index (χ2v) is 10.7. The first kappa shape index (κ1) is 21.3. The Morgan fingerprint density at radius 3 is 2.60 bits per heavy atom. The molecular formula is C23H31N3O3S. The second-order valence-electron chi connectivity index (χ2n) is 9.11. The van der Waals surface area contributed by atoms with E-state index in [-0.39, 0.29) is 16.4 Å². The van der Waals surface area contributed by atoms with Crippen molar-refractivity contribution in [3.8, 4) is 5.75 Å². The Bertz CT molecular complexity index is 1040. The standard InChI is InChI=1S/C23H31N3O3S/c1-15-14-26(3)21-12-17-6-7-18(27)13-20(17)23(15,2)22(21)25-11-10-16-4-8-19(9-5-16)30(24,28)29/h4-9,13,15,21-22,25,27H,10-12,14H2,1-3H3,(H2,24,28,29)/t15-,21-,22-,23+/m1/s1. The topological polar surface area (TPSA) is 95.7 Å². The summed E-state index contributed by atoms with van der Waals surface area (Å²) in [5.74, 6) is 0.763. The third-order valence-electron chi connectivity index (χ3n) is 7.32. The molecule has 2 bridgehead atoms. The van der Waals surface area contributed by atoms with Crippen molar-refractivity contribution in [3.05, 3.63) is 59.2 Å². The van der Waals surface area contributed by atoms with Crippen LogP contribution in [0.3, 0.4) is 0 Å². The van der Waals surface area contributed by atoms with Crippen LogP contribution in [-0.2, 0) is 28.3 Å². The van der Waals surface area contributed by atoms with E-state index in [4.69, 9.17) is 5.14 Å². The minimum Gasteiger partial charge on any atom is -0.508 e. The normalized spacial score (nSPS) is 28.9. The summed E-state index contributed by atoms with van der Waals surface area (Å²) in [6.07, 6.45) is 1.77. The number of benzene rings is 2. The van der Waals surface area contributed by atoms with Gasteiger partial charge in [-0.1, -0.05) is 32.0 Å². The molecule has 1 saturated heterocycles. The van der Waals surface area contributed by atoms with Crippen LogP contribution in [0.15, 0.2) is 47.4 Å². The first-order valence-electron chi connectivity index (χ1n) is 10.5. The summed E-state index contributed by atoms with van der Waals surface area (Å²) in [5, 5.41) is 19.1. The van der Waals surface area contributed by atoms with Gasteiger partial charge in [-0.2, -0.15) is 0 Å². The molecule has 6 nitrogen and oxygen atoms in total. The van der Waals surface area contributed by atoms with Crippen LogP contribution in [0.1, 0.15) is 30.5 Å². The van der Waals surface area contributed by atoms with Crippen molar-refractivity contribution in [2.24, 2.45) is 11.1 Å². The van der Waals surface area contributed by atoms with Crippen LogP contribution in [0.25, 0.3) is 0 Å². The van der Waals surface area contributed by atoms with E-state index in [2.05, 4.69) is 37.2 Å². The lowest BCUT2D eigenvalue weighted by Gasteiger charge is -2.58. The average Bonchev–Trinajstić information content (AvgIpc) is 2.68. The van der Waals surface area contributed by atoms with E-state index in [1.165, 1.54) is 11.1 Å². The maximum atomic E-state index is 11.4. The summed E-state index contributed by atoms with van der Waals surface area (Å²) < 4.78 is 22.9. The van der Waals surface area contributed by atoms with Gasteiger partial charge < -0.3 is 15.3 Å². The van der Waals surface area contributed by atoms with Crippen LogP contribution in [0, 0.1) is 5.92 Å². The van der Waals surface area contributed by atoms with Crippen LogP contribution in [0.4, 0.5) is 0 Å². The molecule has 1 aliphatic carbocycles.